The van der Waals surface area contributed by atoms with Gasteiger partial charge in [0.1, 0.15) is 17.4 Å². The lowest BCUT2D eigenvalue weighted by atomic mass is 10.2. The summed E-state index contributed by atoms with van der Waals surface area (Å²) in [6, 6.07) is 9.30. The van der Waals surface area contributed by atoms with Crippen LogP contribution in [0, 0.1) is 0 Å². The van der Waals surface area contributed by atoms with Crippen molar-refractivity contribution in [3.05, 3.63) is 52.1 Å². The SMILES string of the molecule is COc1cccc(CNc2cc(=O)[nH]c(C3CC3)n2)c1. The first-order valence-electron chi connectivity index (χ1n) is 6.72. The van der Waals surface area contributed by atoms with Crippen LogP contribution in [-0.4, -0.2) is 17.1 Å². The van der Waals surface area contributed by atoms with Crippen LogP contribution in [0.3, 0.4) is 0 Å². The average molecular weight is 271 g/mol. The molecule has 1 aliphatic rings. The molecule has 1 aliphatic carbocycles. The monoisotopic (exact) mass is 271 g/mol. The number of rotatable bonds is 5. The van der Waals surface area contributed by atoms with E-state index >= 15 is 0 Å². The first kappa shape index (κ1) is 12.7. The second-order valence-corrected chi connectivity index (χ2v) is 5.00. The standard InChI is InChI=1S/C15H17N3O2/c1-20-12-4-2-3-10(7-12)9-16-13-8-14(19)18-15(17-13)11-5-6-11/h2-4,7-8,11H,5-6,9H2,1H3,(H2,16,17,18,19). The number of H-pyrrole nitrogens is 1. The van der Waals surface area contributed by atoms with Gasteiger partial charge in [-0.3, -0.25) is 4.79 Å². The number of benzene rings is 1. The molecule has 1 saturated carbocycles. The second kappa shape index (κ2) is 5.36. The van der Waals surface area contributed by atoms with E-state index in [2.05, 4.69) is 15.3 Å². The molecular formula is C15H17N3O2. The lowest BCUT2D eigenvalue weighted by Gasteiger charge is -2.08. The van der Waals surface area contributed by atoms with Crippen molar-refractivity contribution in [1.82, 2.24) is 9.97 Å². The van der Waals surface area contributed by atoms with E-state index in [0.717, 1.165) is 30.0 Å². The molecule has 0 bridgehead atoms. The zero-order chi connectivity index (χ0) is 13.9. The fourth-order valence-corrected chi connectivity index (χ4v) is 2.09. The van der Waals surface area contributed by atoms with Crippen molar-refractivity contribution in [1.29, 1.82) is 0 Å². The van der Waals surface area contributed by atoms with E-state index in [1.54, 1.807) is 7.11 Å². The van der Waals surface area contributed by atoms with Crippen LogP contribution >= 0.6 is 0 Å². The molecule has 5 heteroatoms. The highest BCUT2D eigenvalue weighted by Crippen LogP contribution is 2.37. The molecule has 0 aliphatic heterocycles. The molecule has 1 heterocycles. The number of hydrogen-bond donors (Lipinski definition) is 2. The van der Waals surface area contributed by atoms with Crippen molar-refractivity contribution >= 4 is 5.82 Å². The Balaban J connectivity index is 1.72. The van der Waals surface area contributed by atoms with Crippen LogP contribution < -0.4 is 15.6 Å². The molecule has 0 atom stereocenters. The predicted octanol–water partition coefficient (Wildman–Crippen LogP) is 2.27. The molecular weight excluding hydrogens is 254 g/mol. The van der Waals surface area contributed by atoms with E-state index in [4.69, 9.17) is 4.74 Å². The molecule has 0 spiro atoms. The summed E-state index contributed by atoms with van der Waals surface area (Å²) in [6.07, 6.45) is 2.23. The van der Waals surface area contributed by atoms with Crippen molar-refractivity contribution in [2.75, 3.05) is 12.4 Å². The zero-order valence-corrected chi connectivity index (χ0v) is 11.3. The van der Waals surface area contributed by atoms with Gasteiger partial charge in [-0.1, -0.05) is 12.1 Å². The van der Waals surface area contributed by atoms with Gasteiger partial charge in [-0.05, 0) is 30.5 Å². The molecule has 3 rings (SSSR count). The number of ether oxygens (including phenoxy) is 1. The quantitative estimate of drug-likeness (QED) is 0.875. The summed E-state index contributed by atoms with van der Waals surface area (Å²) in [7, 11) is 1.65. The van der Waals surface area contributed by atoms with E-state index in [0.29, 0.717) is 18.3 Å². The van der Waals surface area contributed by atoms with E-state index in [-0.39, 0.29) is 5.56 Å². The Morgan fingerprint density at radius 3 is 3.00 bits per heavy atom. The van der Waals surface area contributed by atoms with Crippen LogP contribution in [0.1, 0.15) is 30.1 Å². The summed E-state index contributed by atoms with van der Waals surface area (Å²) in [5, 5.41) is 3.19. The van der Waals surface area contributed by atoms with Crippen molar-refractivity contribution in [2.45, 2.75) is 25.3 Å². The summed E-state index contributed by atoms with van der Waals surface area (Å²) in [4.78, 5) is 18.9. The van der Waals surface area contributed by atoms with Crippen LogP contribution in [0.15, 0.2) is 35.1 Å². The molecule has 2 N–H and O–H groups in total. The molecule has 0 saturated heterocycles. The highest BCUT2D eigenvalue weighted by atomic mass is 16.5. The molecule has 1 fully saturated rings. The van der Waals surface area contributed by atoms with E-state index in [1.807, 2.05) is 24.3 Å². The number of hydrogen-bond acceptors (Lipinski definition) is 4. The molecule has 1 aromatic heterocycles. The maximum absolute atomic E-state index is 11.6. The highest BCUT2D eigenvalue weighted by molar-refractivity contribution is 5.37. The average Bonchev–Trinajstić information content (AvgIpc) is 3.29. The van der Waals surface area contributed by atoms with Crippen LogP contribution in [0.4, 0.5) is 5.82 Å². The van der Waals surface area contributed by atoms with Crippen molar-refractivity contribution in [3.63, 3.8) is 0 Å². The molecule has 104 valence electrons. The van der Waals surface area contributed by atoms with Gasteiger partial charge in [0.2, 0.25) is 0 Å². The van der Waals surface area contributed by atoms with Gasteiger partial charge in [-0.15, -0.1) is 0 Å². The molecule has 0 radical (unpaired) electrons. The minimum Gasteiger partial charge on any atom is -0.497 e. The number of methoxy groups -OCH3 is 1. The third kappa shape index (κ3) is 2.99. The number of aromatic nitrogens is 2. The van der Waals surface area contributed by atoms with Crippen LogP contribution in [-0.2, 0) is 6.54 Å². The van der Waals surface area contributed by atoms with Gasteiger partial charge in [-0.2, -0.15) is 0 Å². The van der Waals surface area contributed by atoms with Gasteiger partial charge in [-0.25, -0.2) is 4.98 Å². The van der Waals surface area contributed by atoms with Gasteiger partial charge < -0.3 is 15.0 Å². The molecule has 0 unspecified atom stereocenters. The molecule has 0 amide bonds. The Bertz CT molecular complexity index is 662. The van der Waals surface area contributed by atoms with Crippen LogP contribution in [0.2, 0.25) is 0 Å². The Morgan fingerprint density at radius 1 is 1.40 bits per heavy atom. The second-order valence-electron chi connectivity index (χ2n) is 5.00. The molecule has 2 aromatic rings. The van der Waals surface area contributed by atoms with Crippen LogP contribution in [0.5, 0.6) is 5.75 Å². The fraction of sp³-hybridized carbons (Fsp3) is 0.333. The van der Waals surface area contributed by atoms with Gasteiger partial charge >= 0.3 is 0 Å². The normalized spacial score (nSPS) is 14.1. The van der Waals surface area contributed by atoms with E-state index < -0.39 is 0 Å². The Labute approximate surface area is 117 Å². The predicted molar refractivity (Wildman–Crippen MR) is 77.2 cm³/mol. The molecule has 1 aromatic carbocycles. The summed E-state index contributed by atoms with van der Waals surface area (Å²) in [5.74, 6) is 2.67. The minimum atomic E-state index is -0.102. The summed E-state index contributed by atoms with van der Waals surface area (Å²) >= 11 is 0. The number of nitrogens with zero attached hydrogens (tertiary/aromatic N) is 1. The van der Waals surface area contributed by atoms with E-state index in [1.165, 1.54) is 6.07 Å². The third-order valence-electron chi connectivity index (χ3n) is 3.33. The zero-order valence-electron chi connectivity index (χ0n) is 11.3. The Kier molecular flexibility index (Phi) is 3.41. The summed E-state index contributed by atoms with van der Waals surface area (Å²) in [6.45, 7) is 0.609. The lowest BCUT2D eigenvalue weighted by Crippen LogP contribution is -2.13. The van der Waals surface area contributed by atoms with Gasteiger partial charge in [0.15, 0.2) is 0 Å². The third-order valence-corrected chi connectivity index (χ3v) is 3.33. The van der Waals surface area contributed by atoms with Crippen LogP contribution in [0.25, 0.3) is 0 Å². The minimum absolute atomic E-state index is 0.102. The van der Waals surface area contributed by atoms with Crippen molar-refractivity contribution in [3.8, 4) is 5.75 Å². The Hall–Kier alpha value is -2.30. The molecule has 5 nitrogen and oxygen atoms in total. The van der Waals surface area contributed by atoms with Gasteiger partial charge in [0.05, 0.1) is 7.11 Å². The lowest BCUT2D eigenvalue weighted by molar-refractivity contribution is 0.414. The van der Waals surface area contributed by atoms with E-state index in [9.17, 15) is 4.79 Å². The largest absolute Gasteiger partial charge is 0.497 e. The molecule has 20 heavy (non-hydrogen) atoms. The Morgan fingerprint density at radius 2 is 2.25 bits per heavy atom. The maximum atomic E-state index is 11.6. The number of anilines is 1. The highest BCUT2D eigenvalue weighted by Gasteiger charge is 2.26. The van der Waals surface area contributed by atoms with Crippen molar-refractivity contribution in [2.24, 2.45) is 0 Å². The first-order valence-corrected chi connectivity index (χ1v) is 6.72. The smallest absolute Gasteiger partial charge is 0.252 e. The number of aromatic amines is 1. The van der Waals surface area contributed by atoms with Gasteiger partial charge in [0, 0.05) is 18.5 Å². The fourth-order valence-electron chi connectivity index (χ4n) is 2.09. The van der Waals surface area contributed by atoms with Crippen molar-refractivity contribution < 1.29 is 4.74 Å². The summed E-state index contributed by atoms with van der Waals surface area (Å²) in [5.41, 5.74) is 0.981. The first-order chi connectivity index (χ1) is 9.74. The topological polar surface area (TPSA) is 67.0 Å². The number of nitrogens with one attached hydrogen (secondary N) is 2. The maximum Gasteiger partial charge on any atom is 0.252 e. The summed E-state index contributed by atoms with van der Waals surface area (Å²) < 4.78 is 5.19. The van der Waals surface area contributed by atoms with Gasteiger partial charge in [0.25, 0.3) is 5.56 Å².